The van der Waals surface area contributed by atoms with Crippen LogP contribution < -0.4 is 0 Å². The third-order valence-corrected chi connectivity index (χ3v) is 3.25. The Kier molecular flexibility index (Phi) is 4.14. The number of hydrogen-bond acceptors (Lipinski definition) is 4. The summed E-state index contributed by atoms with van der Waals surface area (Å²) in [5.74, 6) is 0. The highest BCUT2D eigenvalue weighted by Crippen LogP contribution is 2.20. The molecule has 0 saturated carbocycles. The zero-order valence-electron chi connectivity index (χ0n) is 10.1. The van der Waals surface area contributed by atoms with Crippen molar-refractivity contribution in [3.05, 3.63) is 36.4 Å². The Hall–Kier alpha value is -1.36. The van der Waals surface area contributed by atoms with Crippen molar-refractivity contribution < 1.29 is 0 Å². The van der Waals surface area contributed by atoms with Crippen LogP contribution in [0.25, 0.3) is 0 Å². The summed E-state index contributed by atoms with van der Waals surface area (Å²) in [6.07, 6.45) is 4.52. The quantitative estimate of drug-likeness (QED) is 0.762. The lowest BCUT2D eigenvalue weighted by Gasteiger charge is -2.07. The number of rotatable bonds is 5. The van der Waals surface area contributed by atoms with Gasteiger partial charge in [-0.2, -0.15) is 0 Å². The lowest BCUT2D eigenvalue weighted by atomic mass is 10.3. The number of aromatic nitrogens is 4. The van der Waals surface area contributed by atoms with Gasteiger partial charge in [-0.3, -0.25) is 4.98 Å². The second-order valence-corrected chi connectivity index (χ2v) is 5.59. The monoisotopic (exact) mass is 248 g/mol. The average molecular weight is 248 g/mol. The Labute approximate surface area is 105 Å². The molecule has 0 aliphatic carbocycles. The summed E-state index contributed by atoms with van der Waals surface area (Å²) >= 11 is 1.74. The molecule has 0 amide bonds. The fourth-order valence-corrected chi connectivity index (χ4v) is 2.27. The average Bonchev–Trinajstić information content (AvgIpc) is 2.74. The van der Waals surface area contributed by atoms with E-state index in [2.05, 4.69) is 33.6 Å². The predicted octanol–water partition coefficient (Wildman–Crippen LogP) is 2.42. The topological polar surface area (TPSA) is 43.6 Å². The summed E-state index contributed by atoms with van der Waals surface area (Å²) in [7, 11) is 0. The minimum atomic E-state index is 0.521. The van der Waals surface area contributed by atoms with E-state index in [1.54, 1.807) is 18.1 Å². The Bertz CT molecular complexity index is 453. The summed E-state index contributed by atoms with van der Waals surface area (Å²) in [6, 6.07) is 5.99. The lowest BCUT2D eigenvalue weighted by molar-refractivity contribution is 0.626. The first kappa shape index (κ1) is 12.1. The van der Waals surface area contributed by atoms with Crippen LogP contribution in [0.5, 0.6) is 0 Å². The first-order valence-electron chi connectivity index (χ1n) is 5.70. The van der Waals surface area contributed by atoms with Crippen molar-refractivity contribution in [3.8, 4) is 0 Å². The van der Waals surface area contributed by atoms with Crippen LogP contribution >= 0.6 is 11.8 Å². The molecule has 0 bridgehead atoms. The van der Waals surface area contributed by atoms with E-state index in [1.807, 2.05) is 24.4 Å². The van der Waals surface area contributed by atoms with Gasteiger partial charge in [-0.05, 0) is 12.1 Å². The summed E-state index contributed by atoms with van der Waals surface area (Å²) in [5, 5.41) is 9.59. The normalized spacial score (nSPS) is 11.0. The molecule has 90 valence electrons. The van der Waals surface area contributed by atoms with Crippen LogP contribution in [0.4, 0.5) is 0 Å². The molecule has 0 radical (unpaired) electrons. The van der Waals surface area contributed by atoms with Gasteiger partial charge < -0.3 is 4.57 Å². The number of pyridine rings is 1. The predicted molar refractivity (Wildman–Crippen MR) is 69.0 cm³/mol. The van der Waals surface area contributed by atoms with E-state index in [4.69, 9.17) is 0 Å². The molecule has 2 heterocycles. The van der Waals surface area contributed by atoms with Gasteiger partial charge in [0.1, 0.15) is 6.33 Å². The van der Waals surface area contributed by atoms with Crippen LogP contribution in [0.2, 0.25) is 0 Å². The smallest absolute Gasteiger partial charge is 0.191 e. The van der Waals surface area contributed by atoms with Crippen molar-refractivity contribution in [1.82, 2.24) is 19.7 Å². The summed E-state index contributed by atoms with van der Waals surface area (Å²) < 4.78 is 2.08. The van der Waals surface area contributed by atoms with E-state index in [9.17, 15) is 0 Å². The molecule has 0 spiro atoms. The van der Waals surface area contributed by atoms with Crippen LogP contribution in [0.1, 0.15) is 19.5 Å². The summed E-state index contributed by atoms with van der Waals surface area (Å²) in [4.78, 5) is 4.31. The maximum atomic E-state index is 4.31. The van der Waals surface area contributed by atoms with Crippen LogP contribution in [-0.4, -0.2) is 25.0 Å². The van der Waals surface area contributed by atoms with E-state index in [1.165, 1.54) is 0 Å². The van der Waals surface area contributed by atoms with Crippen molar-refractivity contribution in [3.63, 3.8) is 0 Å². The maximum Gasteiger partial charge on any atom is 0.191 e. The zero-order valence-corrected chi connectivity index (χ0v) is 10.9. The summed E-state index contributed by atoms with van der Waals surface area (Å²) in [5.41, 5.74) is 1.10. The second kappa shape index (κ2) is 5.82. The van der Waals surface area contributed by atoms with Crippen LogP contribution in [0, 0.1) is 0 Å². The largest absolute Gasteiger partial charge is 0.308 e. The molecule has 4 nitrogen and oxygen atoms in total. The molecule has 0 aliphatic rings. The van der Waals surface area contributed by atoms with E-state index in [0.717, 1.165) is 23.8 Å². The Morgan fingerprint density at radius 3 is 2.94 bits per heavy atom. The SMILES string of the molecule is CC(C)Sc1nncn1CCc1ccccn1. The number of hydrogen-bond donors (Lipinski definition) is 0. The van der Waals surface area contributed by atoms with Gasteiger partial charge in [-0.1, -0.05) is 31.7 Å². The lowest BCUT2D eigenvalue weighted by Crippen LogP contribution is -2.04. The molecule has 2 aromatic heterocycles. The Balaban J connectivity index is 1.97. The molecule has 0 aromatic carbocycles. The van der Waals surface area contributed by atoms with Gasteiger partial charge in [0.05, 0.1) is 0 Å². The van der Waals surface area contributed by atoms with Gasteiger partial charge >= 0.3 is 0 Å². The molecular formula is C12H16N4S. The molecule has 17 heavy (non-hydrogen) atoms. The van der Waals surface area contributed by atoms with Crippen molar-refractivity contribution >= 4 is 11.8 Å². The van der Waals surface area contributed by atoms with Gasteiger partial charge in [0.15, 0.2) is 5.16 Å². The Morgan fingerprint density at radius 2 is 2.24 bits per heavy atom. The summed E-state index contributed by atoms with van der Waals surface area (Å²) in [6.45, 7) is 5.18. The third kappa shape index (κ3) is 3.56. The maximum absolute atomic E-state index is 4.31. The molecule has 2 aromatic rings. The Morgan fingerprint density at radius 1 is 1.35 bits per heavy atom. The molecule has 0 saturated heterocycles. The number of nitrogens with zero attached hydrogens (tertiary/aromatic N) is 4. The molecule has 0 unspecified atom stereocenters. The third-order valence-electron chi connectivity index (χ3n) is 2.26. The van der Waals surface area contributed by atoms with Gasteiger partial charge in [0.2, 0.25) is 0 Å². The minimum Gasteiger partial charge on any atom is -0.308 e. The van der Waals surface area contributed by atoms with E-state index >= 15 is 0 Å². The second-order valence-electron chi connectivity index (χ2n) is 4.04. The van der Waals surface area contributed by atoms with Gasteiger partial charge in [0.25, 0.3) is 0 Å². The molecule has 5 heteroatoms. The van der Waals surface area contributed by atoms with Gasteiger partial charge in [-0.15, -0.1) is 10.2 Å². The molecule has 0 aliphatic heterocycles. The van der Waals surface area contributed by atoms with Crippen molar-refractivity contribution in [2.45, 2.75) is 37.2 Å². The van der Waals surface area contributed by atoms with E-state index < -0.39 is 0 Å². The molecule has 0 fully saturated rings. The number of thioether (sulfide) groups is 1. The van der Waals surface area contributed by atoms with Gasteiger partial charge in [-0.25, -0.2) is 0 Å². The van der Waals surface area contributed by atoms with Crippen molar-refractivity contribution in [1.29, 1.82) is 0 Å². The van der Waals surface area contributed by atoms with Crippen molar-refractivity contribution in [2.75, 3.05) is 0 Å². The minimum absolute atomic E-state index is 0.521. The van der Waals surface area contributed by atoms with E-state index in [0.29, 0.717) is 5.25 Å². The first-order chi connectivity index (χ1) is 8.25. The van der Waals surface area contributed by atoms with E-state index in [-0.39, 0.29) is 0 Å². The highest BCUT2D eigenvalue weighted by atomic mass is 32.2. The fourth-order valence-electron chi connectivity index (χ4n) is 1.48. The first-order valence-corrected chi connectivity index (χ1v) is 6.58. The highest BCUT2D eigenvalue weighted by molar-refractivity contribution is 7.99. The van der Waals surface area contributed by atoms with Crippen LogP contribution in [0.3, 0.4) is 0 Å². The van der Waals surface area contributed by atoms with Crippen LogP contribution in [0.15, 0.2) is 35.9 Å². The number of aryl methyl sites for hydroxylation is 2. The highest BCUT2D eigenvalue weighted by Gasteiger charge is 2.07. The zero-order chi connectivity index (χ0) is 12.1. The van der Waals surface area contributed by atoms with Crippen molar-refractivity contribution in [2.24, 2.45) is 0 Å². The molecular weight excluding hydrogens is 232 g/mol. The van der Waals surface area contributed by atoms with Crippen LogP contribution in [-0.2, 0) is 13.0 Å². The fraction of sp³-hybridized carbons (Fsp3) is 0.417. The van der Waals surface area contributed by atoms with Gasteiger partial charge in [0, 0.05) is 30.1 Å². The standard InChI is InChI=1S/C12H16N4S/c1-10(2)17-12-15-14-9-16(12)8-6-11-5-3-4-7-13-11/h3-5,7,9-10H,6,8H2,1-2H3. The molecule has 2 rings (SSSR count). The molecule has 0 N–H and O–H groups in total. The molecule has 0 atom stereocenters.